The SMILES string of the molecule is CCOc1cc(/C=N\NC(=O)[C@@H](CC(C)C)NC(=O)COc2ccccc2C)cc(Br)c1OCc1ccccc1. The monoisotopic (exact) mass is 609 g/mol. The third-order valence-corrected chi connectivity index (χ3v) is 6.35. The van der Waals surface area contributed by atoms with Crippen molar-refractivity contribution >= 4 is 34.0 Å². The van der Waals surface area contributed by atoms with Crippen molar-refractivity contribution in [3.63, 3.8) is 0 Å². The Bertz CT molecular complexity index is 1300. The van der Waals surface area contributed by atoms with Crippen molar-refractivity contribution in [1.29, 1.82) is 0 Å². The van der Waals surface area contributed by atoms with Gasteiger partial charge in [-0.15, -0.1) is 0 Å². The predicted molar refractivity (Wildman–Crippen MR) is 160 cm³/mol. The van der Waals surface area contributed by atoms with E-state index in [-0.39, 0.29) is 18.4 Å². The first kappa shape index (κ1) is 30.7. The smallest absolute Gasteiger partial charge is 0.262 e. The van der Waals surface area contributed by atoms with E-state index in [1.54, 1.807) is 12.1 Å². The summed E-state index contributed by atoms with van der Waals surface area (Å²) in [4.78, 5) is 25.5. The summed E-state index contributed by atoms with van der Waals surface area (Å²) in [6.45, 7) is 8.41. The number of amides is 2. The van der Waals surface area contributed by atoms with Crippen molar-refractivity contribution in [1.82, 2.24) is 10.7 Å². The average Bonchev–Trinajstić information content (AvgIpc) is 2.92. The molecule has 1 atom stereocenters. The van der Waals surface area contributed by atoms with Crippen LogP contribution in [0, 0.1) is 12.8 Å². The summed E-state index contributed by atoms with van der Waals surface area (Å²) in [5.74, 6) is 1.14. The minimum Gasteiger partial charge on any atom is -0.490 e. The maximum absolute atomic E-state index is 12.9. The molecule has 0 bridgehead atoms. The fourth-order valence-corrected chi connectivity index (χ4v) is 4.42. The number of nitrogens with one attached hydrogen (secondary N) is 2. The van der Waals surface area contributed by atoms with Gasteiger partial charge in [0.2, 0.25) is 0 Å². The normalized spacial score (nSPS) is 11.8. The molecule has 0 unspecified atom stereocenters. The fourth-order valence-electron chi connectivity index (χ4n) is 3.84. The van der Waals surface area contributed by atoms with Crippen LogP contribution in [0.5, 0.6) is 17.2 Å². The first-order valence-electron chi connectivity index (χ1n) is 13.2. The number of nitrogens with zero attached hydrogens (tertiary/aromatic N) is 1. The minimum atomic E-state index is -0.760. The van der Waals surface area contributed by atoms with E-state index in [0.29, 0.717) is 46.9 Å². The van der Waals surface area contributed by atoms with E-state index in [4.69, 9.17) is 14.2 Å². The predicted octanol–water partition coefficient (Wildman–Crippen LogP) is 5.80. The topological polar surface area (TPSA) is 98.2 Å². The van der Waals surface area contributed by atoms with Crippen molar-refractivity contribution < 1.29 is 23.8 Å². The number of halogens is 1. The highest BCUT2D eigenvalue weighted by Crippen LogP contribution is 2.37. The number of aryl methyl sites for hydroxylation is 1. The summed E-state index contributed by atoms with van der Waals surface area (Å²) in [5.41, 5.74) is 5.20. The number of carbonyl (C=O) groups is 2. The van der Waals surface area contributed by atoms with E-state index < -0.39 is 11.9 Å². The van der Waals surface area contributed by atoms with Gasteiger partial charge in [-0.1, -0.05) is 62.4 Å². The van der Waals surface area contributed by atoms with E-state index in [9.17, 15) is 9.59 Å². The molecule has 0 spiro atoms. The van der Waals surface area contributed by atoms with Crippen molar-refractivity contribution in [3.8, 4) is 17.2 Å². The zero-order valence-electron chi connectivity index (χ0n) is 23.3. The van der Waals surface area contributed by atoms with E-state index in [0.717, 1.165) is 11.1 Å². The molecule has 0 fully saturated rings. The van der Waals surface area contributed by atoms with Gasteiger partial charge in [0.05, 0.1) is 17.3 Å². The molecule has 8 nitrogen and oxygen atoms in total. The quantitative estimate of drug-likeness (QED) is 0.178. The van der Waals surface area contributed by atoms with Crippen LogP contribution in [0.2, 0.25) is 0 Å². The van der Waals surface area contributed by atoms with Crippen LogP contribution >= 0.6 is 15.9 Å². The Morgan fingerprint density at radius 2 is 1.70 bits per heavy atom. The maximum atomic E-state index is 12.9. The van der Waals surface area contributed by atoms with E-state index >= 15 is 0 Å². The van der Waals surface area contributed by atoms with Gasteiger partial charge in [-0.05, 0) is 77.0 Å². The van der Waals surface area contributed by atoms with E-state index in [1.165, 1.54) is 6.21 Å². The molecule has 0 aliphatic carbocycles. The summed E-state index contributed by atoms with van der Waals surface area (Å²) >= 11 is 3.56. The molecule has 0 heterocycles. The van der Waals surface area contributed by atoms with Gasteiger partial charge in [-0.3, -0.25) is 9.59 Å². The second-order valence-corrected chi connectivity index (χ2v) is 10.4. The number of para-hydroxylation sites is 1. The van der Waals surface area contributed by atoms with Crippen LogP contribution in [0.15, 0.2) is 76.3 Å². The van der Waals surface area contributed by atoms with Crippen molar-refractivity contribution in [2.24, 2.45) is 11.0 Å². The largest absolute Gasteiger partial charge is 0.490 e. The Labute approximate surface area is 244 Å². The molecule has 40 heavy (non-hydrogen) atoms. The molecule has 0 aromatic heterocycles. The number of ether oxygens (including phenoxy) is 3. The highest BCUT2D eigenvalue weighted by atomic mass is 79.9. The molecular formula is C31H36BrN3O5. The van der Waals surface area contributed by atoms with Crippen LogP contribution in [0.25, 0.3) is 0 Å². The first-order valence-corrected chi connectivity index (χ1v) is 14.0. The summed E-state index contributed by atoms with van der Waals surface area (Å²) in [7, 11) is 0. The van der Waals surface area contributed by atoms with Crippen LogP contribution in [0.3, 0.4) is 0 Å². The van der Waals surface area contributed by atoms with E-state index in [2.05, 4.69) is 31.8 Å². The summed E-state index contributed by atoms with van der Waals surface area (Å²) in [5, 5.41) is 6.89. The Hall–Kier alpha value is -3.85. The van der Waals surface area contributed by atoms with Crippen LogP contribution in [-0.2, 0) is 16.2 Å². The Morgan fingerprint density at radius 3 is 2.40 bits per heavy atom. The van der Waals surface area contributed by atoms with Crippen molar-refractivity contribution in [2.75, 3.05) is 13.2 Å². The van der Waals surface area contributed by atoms with Gasteiger partial charge in [0.25, 0.3) is 11.8 Å². The lowest BCUT2D eigenvalue weighted by molar-refractivity contribution is -0.130. The van der Waals surface area contributed by atoms with Gasteiger partial charge < -0.3 is 19.5 Å². The molecule has 0 aliphatic rings. The van der Waals surface area contributed by atoms with Crippen LogP contribution in [0.1, 0.15) is 43.9 Å². The van der Waals surface area contributed by atoms with E-state index in [1.807, 2.05) is 82.3 Å². The standard InChI is InChI=1S/C31H36BrN3O5/c1-5-38-28-17-24(16-25(32)30(28)40-19-23-12-7-6-8-13-23)18-33-35-31(37)26(15-21(2)3)34-29(36)20-39-27-14-10-9-11-22(27)4/h6-14,16-18,21,26H,5,15,19-20H2,1-4H3,(H,34,36)(H,35,37)/b33-18-/t26-/m1/s1. The highest BCUT2D eigenvalue weighted by Gasteiger charge is 2.22. The minimum absolute atomic E-state index is 0.172. The summed E-state index contributed by atoms with van der Waals surface area (Å²) in [6.07, 6.45) is 1.96. The molecule has 3 aromatic rings. The molecule has 2 amide bonds. The number of hydrogen-bond acceptors (Lipinski definition) is 6. The third kappa shape index (κ3) is 9.72. The third-order valence-electron chi connectivity index (χ3n) is 5.76. The van der Waals surface area contributed by atoms with Gasteiger partial charge in [0, 0.05) is 0 Å². The fraction of sp³-hybridized carbons (Fsp3) is 0.323. The Morgan fingerprint density at radius 1 is 0.975 bits per heavy atom. The highest BCUT2D eigenvalue weighted by molar-refractivity contribution is 9.10. The van der Waals surface area contributed by atoms with Crippen LogP contribution in [-0.4, -0.2) is 37.3 Å². The molecule has 0 radical (unpaired) electrons. The second kappa shape index (κ2) is 15.7. The first-order chi connectivity index (χ1) is 19.3. The molecule has 3 aromatic carbocycles. The molecular weight excluding hydrogens is 574 g/mol. The number of rotatable bonds is 14. The lowest BCUT2D eigenvalue weighted by Crippen LogP contribution is -2.47. The van der Waals surface area contributed by atoms with Gasteiger partial charge in [-0.25, -0.2) is 5.43 Å². The molecule has 212 valence electrons. The molecule has 0 aliphatic heterocycles. The van der Waals surface area contributed by atoms with Gasteiger partial charge >= 0.3 is 0 Å². The lowest BCUT2D eigenvalue weighted by atomic mass is 10.0. The molecule has 2 N–H and O–H groups in total. The molecule has 0 saturated carbocycles. The van der Waals surface area contributed by atoms with Gasteiger partial charge in [0.1, 0.15) is 18.4 Å². The second-order valence-electron chi connectivity index (χ2n) is 9.58. The Kier molecular flexibility index (Phi) is 12.0. The number of benzene rings is 3. The Balaban J connectivity index is 1.62. The van der Waals surface area contributed by atoms with Gasteiger partial charge in [-0.2, -0.15) is 5.10 Å². The van der Waals surface area contributed by atoms with Crippen LogP contribution in [0.4, 0.5) is 0 Å². The maximum Gasteiger partial charge on any atom is 0.262 e. The van der Waals surface area contributed by atoms with Gasteiger partial charge in [0.15, 0.2) is 18.1 Å². The number of carbonyl (C=O) groups excluding carboxylic acids is 2. The summed E-state index contributed by atoms with van der Waals surface area (Å²) in [6, 6.07) is 20.2. The summed E-state index contributed by atoms with van der Waals surface area (Å²) < 4.78 is 18.1. The van der Waals surface area contributed by atoms with Crippen molar-refractivity contribution in [3.05, 3.63) is 87.9 Å². The zero-order chi connectivity index (χ0) is 28.9. The molecule has 0 saturated heterocycles. The molecule has 9 heteroatoms. The zero-order valence-corrected chi connectivity index (χ0v) is 24.9. The van der Waals surface area contributed by atoms with Crippen LogP contribution < -0.4 is 25.0 Å². The average molecular weight is 611 g/mol. The lowest BCUT2D eigenvalue weighted by Gasteiger charge is -2.19. The number of hydrazone groups is 1. The molecule has 3 rings (SSSR count). The van der Waals surface area contributed by atoms with Crippen molar-refractivity contribution in [2.45, 2.75) is 46.8 Å². The number of hydrogen-bond donors (Lipinski definition) is 2.